The summed E-state index contributed by atoms with van der Waals surface area (Å²) in [6.45, 7) is 27.9. The Morgan fingerprint density at radius 3 is 1.15 bits per heavy atom. The van der Waals surface area contributed by atoms with Crippen LogP contribution in [-0.4, -0.2) is 178 Å². The molecular formula is C77H98Cl3IN15NaO17S5Si. The zero-order valence-electron chi connectivity index (χ0n) is 69.4. The van der Waals surface area contributed by atoms with Gasteiger partial charge in [-0.15, -0.1) is 21.8 Å². The molecule has 0 bridgehead atoms. The average molecular weight is 1950 g/mol. The number of hydrogen-bond acceptors (Lipinski definition) is 30. The van der Waals surface area contributed by atoms with E-state index in [4.69, 9.17) is 35.3 Å². The number of methoxy groups -OCH3 is 1. The molecule has 0 aliphatic carbocycles. The number of carbonyl (C=O) groups is 6. The van der Waals surface area contributed by atoms with Crippen LogP contribution in [0.1, 0.15) is 156 Å². The molecule has 646 valence electrons. The Morgan fingerprint density at radius 1 is 0.492 bits per heavy atom. The van der Waals surface area contributed by atoms with Crippen molar-refractivity contribution < 1.29 is 108 Å². The van der Waals surface area contributed by atoms with Crippen molar-refractivity contribution >= 4 is 150 Å². The van der Waals surface area contributed by atoms with E-state index >= 15 is 0 Å². The molecule has 0 radical (unpaired) electrons. The number of benzene rings is 3. The van der Waals surface area contributed by atoms with Crippen molar-refractivity contribution in [2.24, 2.45) is 0 Å². The van der Waals surface area contributed by atoms with Crippen molar-refractivity contribution in [3.8, 4) is 0 Å². The Labute approximate surface area is 760 Å². The van der Waals surface area contributed by atoms with Gasteiger partial charge in [0.25, 0.3) is 0 Å². The van der Waals surface area contributed by atoms with E-state index in [9.17, 15) is 49.2 Å². The number of rotatable bonds is 12. The summed E-state index contributed by atoms with van der Waals surface area (Å²) in [7, 11) is -8.98. The number of aromatic nitrogens is 10. The van der Waals surface area contributed by atoms with Gasteiger partial charge in [0.1, 0.15) is 25.4 Å². The summed E-state index contributed by atoms with van der Waals surface area (Å²) < 4.78 is 88.9. The molecule has 2 N–H and O–H groups in total. The molecule has 120 heavy (non-hydrogen) atoms. The predicted octanol–water partition coefficient (Wildman–Crippen LogP) is 12.0. The first-order chi connectivity index (χ1) is 54.3. The summed E-state index contributed by atoms with van der Waals surface area (Å²) in [5.74, 6) is -0.566. The summed E-state index contributed by atoms with van der Waals surface area (Å²) in [4.78, 5) is 118. The number of nitrogens with one attached hydrogen (secondary N) is 1. The minimum Gasteiger partial charge on any atom is -0.870 e. The van der Waals surface area contributed by atoms with E-state index in [2.05, 4.69) is 120 Å². The number of esters is 1. The molecule has 3 aromatic carbocycles. The molecule has 0 saturated carbocycles. The fraction of sp³-hybridized carbons (Fsp3) is 0.429. The van der Waals surface area contributed by atoms with Gasteiger partial charge in [0.15, 0.2) is 16.4 Å². The summed E-state index contributed by atoms with van der Waals surface area (Å²) in [5.41, 5.74) is 6.56. The van der Waals surface area contributed by atoms with Crippen molar-refractivity contribution in [1.82, 2.24) is 74.8 Å². The zero-order valence-corrected chi connectivity index (χ0v) is 80.9. The largest absolute Gasteiger partial charge is 1.00 e. The molecule has 5 aromatic heterocycles. The van der Waals surface area contributed by atoms with Gasteiger partial charge in [0.2, 0.25) is 45.0 Å². The second kappa shape index (κ2) is 43.4. The number of fused-ring (bicyclic) bond motifs is 5. The number of halogens is 4. The molecule has 32 nitrogen and oxygen atoms in total. The average Bonchev–Trinajstić information content (AvgIpc) is 1.57. The second-order valence-corrected chi connectivity index (χ2v) is 52.5. The Bertz CT molecular complexity index is 5330. The van der Waals surface area contributed by atoms with Gasteiger partial charge < -0.3 is 34.6 Å². The smallest absolute Gasteiger partial charge is 0.870 e. The molecular weight excluding hydrogens is 1850 g/mol. The van der Waals surface area contributed by atoms with Gasteiger partial charge in [0, 0.05) is 89.7 Å². The molecule has 0 spiro atoms. The van der Waals surface area contributed by atoms with Gasteiger partial charge in [-0.25, -0.2) is 94.3 Å². The van der Waals surface area contributed by atoms with Crippen LogP contribution in [0.15, 0.2) is 148 Å². The van der Waals surface area contributed by atoms with Crippen LogP contribution >= 0.6 is 80.1 Å². The molecule has 5 aliphatic heterocycles. The second-order valence-electron chi connectivity index (χ2n) is 30.2. The predicted molar refractivity (Wildman–Crippen MR) is 463 cm³/mol. The van der Waals surface area contributed by atoms with Crippen molar-refractivity contribution in [2.75, 3.05) is 38.4 Å². The van der Waals surface area contributed by atoms with E-state index in [1.54, 1.807) is 17.3 Å². The van der Waals surface area contributed by atoms with Crippen LogP contribution in [0.5, 0.6) is 0 Å². The summed E-state index contributed by atoms with van der Waals surface area (Å²) in [5, 5.41) is 3.33. The Kier molecular flexibility index (Phi) is 38.0. The fourth-order valence-corrected chi connectivity index (χ4v) is 14.8. The maximum Gasteiger partial charge on any atom is 1.00 e. The van der Waals surface area contributed by atoms with Crippen LogP contribution in [0.2, 0.25) is 19.6 Å². The van der Waals surface area contributed by atoms with E-state index < -0.39 is 91.5 Å². The van der Waals surface area contributed by atoms with Gasteiger partial charge >= 0.3 is 63.9 Å². The summed E-state index contributed by atoms with van der Waals surface area (Å²) in [6.07, 6.45) is 13.6. The summed E-state index contributed by atoms with van der Waals surface area (Å²) in [6, 6.07) is 27.5. The number of thioether (sulfide) groups is 2. The number of carbonyl (C=O) groups excluding carboxylic acids is 6. The van der Waals surface area contributed by atoms with Crippen LogP contribution in [0.25, 0.3) is 0 Å². The van der Waals surface area contributed by atoms with Gasteiger partial charge in [-0.05, 0) is 133 Å². The van der Waals surface area contributed by atoms with E-state index in [-0.39, 0.29) is 102 Å². The molecule has 4 amide bonds. The number of nitrogens with zero attached hydrogens (tertiary/aromatic N) is 14. The van der Waals surface area contributed by atoms with Gasteiger partial charge in [-0.1, -0.05) is 142 Å². The van der Waals surface area contributed by atoms with Crippen LogP contribution in [0, 0.1) is 0 Å². The van der Waals surface area contributed by atoms with Crippen molar-refractivity contribution in [3.63, 3.8) is 0 Å². The minimum atomic E-state index is -3.50. The number of hydrogen-bond donors (Lipinski definition) is 1. The molecule has 43 heteroatoms. The standard InChI is InChI=1S/C19H21N3O4S.C17H19N3O4S.C17H19N3O2S.C10H12ClN3O3S.C9H13N3O2S.C3H9ISi.CCl2O.CH4.Na.H2O/c1-19(2)13-10-20-17(27-4)21-14(13)15(16(23)25-3)22(19)18(24)26-11-12-8-6-5-7-9-12;1-17(2)13-9-18-15(25(3,22)23)19-14(13)10-20(17)16(21)24-11-12-7-5-4-6-8-12;1-17(2)13-9-18-15(23-3)19-14(13)10-20(17)16(21)22-11-12-7-5-4-6-8-12;1-10(2)6-4-12-9(18(3,16)17)13-7(6)5-14(10)8(11)15;1-9(2)6-4-10-8(15(3,13)14)12-7(6)5-11-9;1-5(2,3)4;2-1(3)4;;;/h5-10,15H,11H2,1-4H3;4-9H,10-11H2,1-3H3;4-9H,10-11H2,1-3H3;4H,5H2,1-3H3;4,11H,5H2,1-3H3;1-3H3;;1H4;;1H2/q;;;;;;;;+1;/p-1. The zero-order chi connectivity index (χ0) is 87.4. The number of sulfone groups is 3. The third-order valence-electron chi connectivity index (χ3n) is 18.5. The molecule has 13 rings (SSSR count). The normalized spacial score (nSPS) is 15.8. The molecule has 10 heterocycles. The van der Waals surface area contributed by atoms with Crippen molar-refractivity contribution in [3.05, 3.63) is 195 Å². The molecule has 1 atom stereocenters. The Balaban J connectivity index is 0.000000308. The number of amides is 4. The topological polar surface area (TPSA) is 426 Å². The minimum absolute atomic E-state index is 0. The third kappa shape index (κ3) is 27.4. The summed E-state index contributed by atoms with van der Waals surface area (Å²) >= 11 is 19.7. The van der Waals surface area contributed by atoms with Crippen molar-refractivity contribution in [1.29, 1.82) is 0 Å². The van der Waals surface area contributed by atoms with E-state index in [1.807, 2.05) is 179 Å². The third-order valence-corrected chi connectivity index (χ3v) is 22.4. The van der Waals surface area contributed by atoms with E-state index in [1.165, 1.54) is 57.7 Å². The first-order valence-electron chi connectivity index (χ1n) is 35.6. The molecule has 5 aliphatic rings. The molecule has 8 aromatic rings. The Morgan fingerprint density at radius 2 is 0.800 bits per heavy atom. The van der Waals surface area contributed by atoms with Gasteiger partial charge in [-0.3, -0.25) is 24.3 Å². The van der Waals surface area contributed by atoms with E-state index in [0.29, 0.717) is 46.5 Å². The van der Waals surface area contributed by atoms with Gasteiger partial charge in [-0.2, -0.15) is 0 Å². The van der Waals surface area contributed by atoms with E-state index in [0.717, 1.165) is 68.7 Å². The SMILES string of the molecule is C.CC1(C)NCc2nc(S(C)(=O)=O)ncc21.CC1(C)c2cnc(S(C)(=O)=O)nc2CN1C(=O)Cl.CC1(C)c2cnc(S(C)(=O)=O)nc2CN1C(=O)OCc1ccccc1.COC(=O)C1c2nc(SC)ncc2C(C)(C)N1C(=O)OCc1ccccc1.CSc1ncc2c(n1)CN(C(=O)OCc1ccccc1)C2(C)C.C[Si](C)(C)I.O=C(Cl)Cl.[Na+].[OH-]. The first kappa shape index (κ1) is 105. The van der Waals surface area contributed by atoms with Crippen LogP contribution in [-0.2, 0) is 127 Å². The first-order valence-corrected chi connectivity index (χ1v) is 51.5. The maximum absolute atomic E-state index is 12.9. The van der Waals surface area contributed by atoms with Crippen LogP contribution < -0.4 is 34.9 Å². The van der Waals surface area contributed by atoms with Crippen LogP contribution in [0.3, 0.4) is 0 Å². The van der Waals surface area contributed by atoms with Crippen molar-refractivity contribution in [2.45, 2.75) is 202 Å². The molecule has 0 fully saturated rings. The molecule has 0 saturated heterocycles. The Hall–Kier alpha value is -7.23. The fourth-order valence-electron chi connectivity index (χ4n) is 12.3. The maximum atomic E-state index is 12.9. The quantitative estimate of drug-likeness (QED) is 0.0137. The van der Waals surface area contributed by atoms with Crippen LogP contribution in [0.4, 0.5) is 24.0 Å². The monoisotopic (exact) mass is 1950 g/mol. The number of ether oxygens (including phenoxy) is 4. The van der Waals surface area contributed by atoms with Gasteiger partial charge in [0.05, 0.1) is 77.4 Å². The molecule has 1 unspecified atom stereocenters.